The molecule has 0 aliphatic heterocycles. The first-order valence-electron chi connectivity index (χ1n) is 6.95. The monoisotopic (exact) mass is 397 g/mol. The molecule has 22 heavy (non-hydrogen) atoms. The molecule has 0 aliphatic carbocycles. The third kappa shape index (κ3) is 2.62. The van der Waals surface area contributed by atoms with Gasteiger partial charge in [-0.2, -0.15) is 0 Å². The normalized spacial score (nSPS) is 11.0. The Balaban J connectivity index is 1.70. The fourth-order valence-electron chi connectivity index (χ4n) is 2.48. The molecular weight excluding hydrogens is 385 g/mol. The highest BCUT2D eigenvalue weighted by Crippen LogP contribution is 2.24. The fourth-order valence-corrected chi connectivity index (χ4v) is 2.96. The van der Waals surface area contributed by atoms with Crippen LogP contribution in [0.1, 0.15) is 0 Å². The van der Waals surface area contributed by atoms with Crippen molar-refractivity contribution in [2.45, 2.75) is 0 Å². The summed E-state index contributed by atoms with van der Waals surface area (Å²) in [6.45, 7) is 0. The van der Waals surface area contributed by atoms with Crippen LogP contribution in [-0.4, -0.2) is 9.97 Å². The average molecular weight is 397 g/mol. The van der Waals surface area contributed by atoms with Gasteiger partial charge < -0.3 is 5.32 Å². The Morgan fingerprint density at radius 2 is 1.64 bits per heavy atom. The fraction of sp³-hybridized carbons (Fsp3) is 0. The molecule has 0 spiro atoms. The van der Waals surface area contributed by atoms with E-state index in [1.807, 2.05) is 30.6 Å². The Morgan fingerprint density at radius 3 is 2.59 bits per heavy atom. The molecule has 4 rings (SSSR count). The number of anilines is 2. The van der Waals surface area contributed by atoms with Crippen molar-refractivity contribution < 1.29 is 0 Å². The first-order valence-corrected chi connectivity index (χ1v) is 8.03. The minimum atomic E-state index is 0.983. The summed E-state index contributed by atoms with van der Waals surface area (Å²) in [5.74, 6) is 0. The molecule has 0 fully saturated rings. The highest BCUT2D eigenvalue weighted by Gasteiger charge is 2.01. The summed E-state index contributed by atoms with van der Waals surface area (Å²) < 4.78 is 1.19. The van der Waals surface area contributed by atoms with Gasteiger partial charge in [0.05, 0.1) is 22.9 Å². The Bertz CT molecular complexity index is 982. The van der Waals surface area contributed by atoms with Crippen molar-refractivity contribution in [3.05, 3.63) is 70.6 Å². The number of rotatable bonds is 2. The predicted octanol–water partition coefficient (Wildman–Crippen LogP) is 5.13. The van der Waals surface area contributed by atoms with Gasteiger partial charge in [0.2, 0.25) is 0 Å². The molecular formula is C18H12IN3. The van der Waals surface area contributed by atoms with Gasteiger partial charge in [-0.25, -0.2) is 0 Å². The zero-order valence-electron chi connectivity index (χ0n) is 11.6. The van der Waals surface area contributed by atoms with E-state index in [-0.39, 0.29) is 0 Å². The van der Waals surface area contributed by atoms with Crippen LogP contribution in [0, 0.1) is 3.57 Å². The topological polar surface area (TPSA) is 37.8 Å². The molecule has 0 amide bonds. The quantitative estimate of drug-likeness (QED) is 0.477. The van der Waals surface area contributed by atoms with Crippen LogP contribution in [0.5, 0.6) is 0 Å². The SMILES string of the molecule is Ic1ccc2cc(Nc3ccc4ncccc4c3)cnc2c1. The number of nitrogens with one attached hydrogen (secondary N) is 1. The Kier molecular flexibility index (Phi) is 3.38. The first-order chi connectivity index (χ1) is 10.8. The number of nitrogens with zero attached hydrogens (tertiary/aromatic N) is 2. The number of hydrogen-bond donors (Lipinski definition) is 1. The van der Waals surface area contributed by atoms with Crippen LogP contribution in [-0.2, 0) is 0 Å². The van der Waals surface area contributed by atoms with Crippen molar-refractivity contribution in [3.8, 4) is 0 Å². The van der Waals surface area contributed by atoms with Crippen molar-refractivity contribution in [2.75, 3.05) is 5.32 Å². The van der Waals surface area contributed by atoms with E-state index in [1.165, 1.54) is 3.57 Å². The van der Waals surface area contributed by atoms with Crippen molar-refractivity contribution in [1.82, 2.24) is 9.97 Å². The van der Waals surface area contributed by atoms with Gasteiger partial charge in [0.25, 0.3) is 0 Å². The Hall–Kier alpha value is -2.21. The second kappa shape index (κ2) is 5.53. The van der Waals surface area contributed by atoms with Crippen LogP contribution >= 0.6 is 22.6 Å². The van der Waals surface area contributed by atoms with Crippen LogP contribution in [0.3, 0.4) is 0 Å². The Morgan fingerprint density at radius 1 is 0.773 bits per heavy atom. The molecule has 1 N–H and O–H groups in total. The van der Waals surface area contributed by atoms with E-state index in [0.29, 0.717) is 0 Å². The molecule has 3 nitrogen and oxygen atoms in total. The molecule has 0 saturated heterocycles. The predicted molar refractivity (Wildman–Crippen MR) is 99.5 cm³/mol. The van der Waals surface area contributed by atoms with E-state index in [0.717, 1.165) is 33.2 Å². The molecule has 0 atom stereocenters. The molecule has 2 heterocycles. The largest absolute Gasteiger partial charge is 0.354 e. The second-order valence-electron chi connectivity index (χ2n) is 5.10. The maximum Gasteiger partial charge on any atom is 0.0714 e. The maximum atomic E-state index is 4.52. The van der Waals surface area contributed by atoms with Gasteiger partial charge in [0.15, 0.2) is 0 Å². The van der Waals surface area contributed by atoms with Gasteiger partial charge in [-0.15, -0.1) is 0 Å². The third-order valence-corrected chi connectivity index (χ3v) is 4.21. The second-order valence-corrected chi connectivity index (χ2v) is 6.34. The summed E-state index contributed by atoms with van der Waals surface area (Å²) in [4.78, 5) is 8.86. The summed E-state index contributed by atoms with van der Waals surface area (Å²) in [6.07, 6.45) is 3.68. The number of hydrogen-bond acceptors (Lipinski definition) is 3. The lowest BCUT2D eigenvalue weighted by Gasteiger charge is -2.08. The van der Waals surface area contributed by atoms with Crippen molar-refractivity contribution in [3.63, 3.8) is 0 Å². The third-order valence-electron chi connectivity index (χ3n) is 3.54. The molecule has 4 heteroatoms. The van der Waals surface area contributed by atoms with E-state index in [1.54, 1.807) is 0 Å². The summed E-state index contributed by atoms with van der Waals surface area (Å²) in [6, 6.07) is 18.6. The molecule has 0 bridgehead atoms. The number of halogens is 1. The van der Waals surface area contributed by atoms with Gasteiger partial charge in [0.1, 0.15) is 0 Å². The van der Waals surface area contributed by atoms with E-state index in [9.17, 15) is 0 Å². The summed E-state index contributed by atoms with van der Waals surface area (Å²) in [5, 5.41) is 5.66. The van der Waals surface area contributed by atoms with Crippen LogP contribution in [0.25, 0.3) is 21.8 Å². The van der Waals surface area contributed by atoms with Gasteiger partial charge in [-0.05, 0) is 65.1 Å². The van der Waals surface area contributed by atoms with Crippen LogP contribution in [0.4, 0.5) is 11.4 Å². The van der Waals surface area contributed by atoms with E-state index in [4.69, 9.17) is 0 Å². The molecule has 2 aromatic carbocycles. The lowest BCUT2D eigenvalue weighted by molar-refractivity contribution is 1.39. The van der Waals surface area contributed by atoms with Gasteiger partial charge in [-0.3, -0.25) is 9.97 Å². The standard InChI is InChI=1S/C18H12IN3/c19-14-4-3-13-9-16(11-21-18(13)10-14)22-15-5-6-17-12(8-15)2-1-7-20-17/h1-11,22H. The lowest BCUT2D eigenvalue weighted by atomic mass is 10.2. The molecule has 0 saturated carbocycles. The lowest BCUT2D eigenvalue weighted by Crippen LogP contribution is -1.92. The zero-order chi connectivity index (χ0) is 14.9. The van der Waals surface area contributed by atoms with Crippen molar-refractivity contribution >= 4 is 55.8 Å². The van der Waals surface area contributed by atoms with Crippen LogP contribution < -0.4 is 5.32 Å². The highest BCUT2D eigenvalue weighted by atomic mass is 127. The van der Waals surface area contributed by atoms with E-state index in [2.05, 4.69) is 74.3 Å². The van der Waals surface area contributed by atoms with Gasteiger partial charge >= 0.3 is 0 Å². The van der Waals surface area contributed by atoms with Gasteiger partial charge in [0, 0.05) is 26.2 Å². The van der Waals surface area contributed by atoms with Crippen LogP contribution in [0.2, 0.25) is 0 Å². The van der Waals surface area contributed by atoms with E-state index < -0.39 is 0 Å². The maximum absolute atomic E-state index is 4.52. The van der Waals surface area contributed by atoms with Crippen molar-refractivity contribution in [1.29, 1.82) is 0 Å². The van der Waals surface area contributed by atoms with Gasteiger partial charge in [-0.1, -0.05) is 12.1 Å². The van der Waals surface area contributed by atoms with E-state index >= 15 is 0 Å². The summed E-state index contributed by atoms with van der Waals surface area (Å²) >= 11 is 2.30. The number of pyridine rings is 2. The smallest absolute Gasteiger partial charge is 0.0714 e. The van der Waals surface area contributed by atoms with Crippen LogP contribution in [0.15, 0.2) is 67.0 Å². The zero-order valence-corrected chi connectivity index (χ0v) is 13.8. The first kappa shape index (κ1) is 13.5. The average Bonchev–Trinajstić information content (AvgIpc) is 2.55. The van der Waals surface area contributed by atoms with Crippen molar-refractivity contribution in [2.24, 2.45) is 0 Å². The molecule has 106 valence electrons. The Labute approximate surface area is 141 Å². The minimum absolute atomic E-state index is 0.983. The molecule has 4 aromatic rings. The summed E-state index contributed by atoms with van der Waals surface area (Å²) in [7, 11) is 0. The molecule has 0 radical (unpaired) electrons. The molecule has 2 aromatic heterocycles. The highest BCUT2D eigenvalue weighted by molar-refractivity contribution is 14.1. The number of benzene rings is 2. The molecule has 0 aliphatic rings. The molecule has 0 unspecified atom stereocenters. The number of fused-ring (bicyclic) bond motifs is 2. The summed E-state index contributed by atoms with van der Waals surface area (Å²) in [5.41, 5.74) is 4.03. The number of aromatic nitrogens is 2. The minimum Gasteiger partial charge on any atom is -0.354 e.